The average molecular weight is 229 g/mol. The van der Waals surface area contributed by atoms with Gasteiger partial charge in [0.15, 0.2) is 0 Å². The van der Waals surface area contributed by atoms with Crippen LogP contribution in [0.5, 0.6) is 0 Å². The maximum absolute atomic E-state index is 6.27. The number of nitrogens with zero attached hydrogens (tertiary/aromatic N) is 2. The number of aryl methyl sites for hydroxylation is 2. The summed E-state index contributed by atoms with van der Waals surface area (Å²) in [6, 6.07) is 8.41. The summed E-state index contributed by atoms with van der Waals surface area (Å²) in [6.45, 7) is 4.20. The zero-order valence-electron chi connectivity index (χ0n) is 10.6. The Hall–Kier alpha value is -1.61. The highest BCUT2D eigenvalue weighted by molar-refractivity contribution is 5.34. The lowest BCUT2D eigenvalue weighted by atomic mass is 9.99. The molecular weight excluding hydrogens is 210 g/mol. The van der Waals surface area contributed by atoms with E-state index in [-0.39, 0.29) is 6.04 Å². The lowest BCUT2D eigenvalue weighted by Gasteiger charge is -2.12. The highest BCUT2D eigenvalue weighted by atomic mass is 15.3. The molecule has 2 aromatic rings. The molecule has 0 aliphatic rings. The molecule has 0 fully saturated rings. The molecule has 0 spiro atoms. The van der Waals surface area contributed by atoms with Gasteiger partial charge in [-0.25, -0.2) is 0 Å². The number of hydrogen-bond donors (Lipinski definition) is 1. The van der Waals surface area contributed by atoms with Gasteiger partial charge >= 0.3 is 0 Å². The second-order valence-electron chi connectivity index (χ2n) is 4.38. The Kier molecular flexibility index (Phi) is 3.29. The van der Waals surface area contributed by atoms with E-state index >= 15 is 0 Å². The van der Waals surface area contributed by atoms with E-state index in [1.54, 1.807) is 0 Å². The standard InChI is InChI=1S/C14H19N3/c1-4-11-5-7-12(8-6-11)14(15)13-9-16-17(3)10(13)2/h5-9,14H,4,15H2,1-3H3. The van der Waals surface area contributed by atoms with Crippen molar-refractivity contribution < 1.29 is 0 Å². The van der Waals surface area contributed by atoms with Crippen LogP contribution in [0.1, 0.15) is 35.3 Å². The maximum atomic E-state index is 6.27. The van der Waals surface area contributed by atoms with Gasteiger partial charge in [0, 0.05) is 18.3 Å². The summed E-state index contributed by atoms with van der Waals surface area (Å²) in [5.41, 5.74) is 11.0. The van der Waals surface area contributed by atoms with Crippen LogP contribution in [-0.2, 0) is 13.5 Å². The highest BCUT2D eigenvalue weighted by Gasteiger charge is 2.14. The van der Waals surface area contributed by atoms with Gasteiger partial charge in [0.2, 0.25) is 0 Å². The fraction of sp³-hybridized carbons (Fsp3) is 0.357. The maximum Gasteiger partial charge on any atom is 0.0585 e. The molecule has 1 unspecified atom stereocenters. The van der Waals surface area contributed by atoms with Gasteiger partial charge in [0.05, 0.1) is 12.2 Å². The van der Waals surface area contributed by atoms with Crippen LogP contribution in [0.15, 0.2) is 30.5 Å². The quantitative estimate of drug-likeness (QED) is 0.878. The second-order valence-corrected chi connectivity index (χ2v) is 4.38. The van der Waals surface area contributed by atoms with Crippen molar-refractivity contribution in [3.63, 3.8) is 0 Å². The molecular formula is C14H19N3. The Morgan fingerprint density at radius 3 is 2.41 bits per heavy atom. The molecule has 1 atom stereocenters. The minimum absolute atomic E-state index is 0.0883. The van der Waals surface area contributed by atoms with Gasteiger partial charge in [0.25, 0.3) is 0 Å². The lowest BCUT2D eigenvalue weighted by Crippen LogP contribution is -2.12. The van der Waals surface area contributed by atoms with E-state index in [1.807, 2.05) is 24.9 Å². The molecule has 0 bridgehead atoms. The van der Waals surface area contributed by atoms with E-state index in [2.05, 4.69) is 36.3 Å². The molecule has 17 heavy (non-hydrogen) atoms. The van der Waals surface area contributed by atoms with Gasteiger partial charge in [-0.2, -0.15) is 5.10 Å². The molecule has 3 heteroatoms. The van der Waals surface area contributed by atoms with Crippen LogP contribution in [0.25, 0.3) is 0 Å². The first-order chi connectivity index (χ1) is 8.13. The Morgan fingerprint density at radius 2 is 1.94 bits per heavy atom. The van der Waals surface area contributed by atoms with Crippen LogP contribution in [0.4, 0.5) is 0 Å². The first-order valence-corrected chi connectivity index (χ1v) is 5.96. The Bertz CT molecular complexity index is 497. The summed E-state index contributed by atoms with van der Waals surface area (Å²) < 4.78 is 1.86. The Balaban J connectivity index is 2.30. The predicted octanol–water partition coefficient (Wildman–Crippen LogP) is 2.34. The molecule has 1 aromatic carbocycles. The van der Waals surface area contributed by atoms with Gasteiger partial charge < -0.3 is 5.73 Å². The fourth-order valence-corrected chi connectivity index (χ4v) is 1.96. The van der Waals surface area contributed by atoms with Crippen molar-refractivity contribution in [2.75, 3.05) is 0 Å². The minimum Gasteiger partial charge on any atom is -0.320 e. The van der Waals surface area contributed by atoms with Crippen molar-refractivity contribution in [1.29, 1.82) is 0 Å². The summed E-state index contributed by atoms with van der Waals surface area (Å²) in [4.78, 5) is 0. The molecule has 2 N–H and O–H groups in total. The molecule has 3 nitrogen and oxygen atoms in total. The third-order valence-electron chi connectivity index (χ3n) is 3.36. The molecule has 1 heterocycles. The smallest absolute Gasteiger partial charge is 0.0585 e. The van der Waals surface area contributed by atoms with Gasteiger partial charge in [-0.3, -0.25) is 4.68 Å². The summed E-state index contributed by atoms with van der Waals surface area (Å²) in [5.74, 6) is 0. The molecule has 2 rings (SSSR count). The number of benzene rings is 1. The number of nitrogens with two attached hydrogens (primary N) is 1. The number of aromatic nitrogens is 2. The van der Waals surface area contributed by atoms with E-state index in [1.165, 1.54) is 5.56 Å². The van der Waals surface area contributed by atoms with E-state index < -0.39 is 0 Å². The van der Waals surface area contributed by atoms with Crippen LogP contribution in [0, 0.1) is 6.92 Å². The van der Waals surface area contributed by atoms with Crippen LogP contribution in [0.3, 0.4) is 0 Å². The topological polar surface area (TPSA) is 43.8 Å². The Morgan fingerprint density at radius 1 is 1.29 bits per heavy atom. The van der Waals surface area contributed by atoms with Crippen LogP contribution in [0.2, 0.25) is 0 Å². The zero-order valence-corrected chi connectivity index (χ0v) is 10.6. The van der Waals surface area contributed by atoms with Crippen molar-refractivity contribution >= 4 is 0 Å². The van der Waals surface area contributed by atoms with Crippen LogP contribution in [-0.4, -0.2) is 9.78 Å². The largest absolute Gasteiger partial charge is 0.320 e. The second kappa shape index (κ2) is 4.72. The molecule has 0 saturated carbocycles. The fourth-order valence-electron chi connectivity index (χ4n) is 1.96. The highest BCUT2D eigenvalue weighted by Crippen LogP contribution is 2.22. The monoisotopic (exact) mass is 229 g/mol. The van der Waals surface area contributed by atoms with Crippen molar-refractivity contribution in [2.24, 2.45) is 12.8 Å². The van der Waals surface area contributed by atoms with Gasteiger partial charge in [-0.05, 0) is 24.5 Å². The normalized spacial score (nSPS) is 12.7. The average Bonchev–Trinajstić information content (AvgIpc) is 2.69. The van der Waals surface area contributed by atoms with Crippen molar-refractivity contribution in [3.8, 4) is 0 Å². The molecule has 0 radical (unpaired) electrons. The van der Waals surface area contributed by atoms with Crippen LogP contribution >= 0.6 is 0 Å². The first kappa shape index (κ1) is 11.9. The SMILES string of the molecule is CCc1ccc(C(N)c2cnn(C)c2C)cc1. The van der Waals surface area contributed by atoms with Gasteiger partial charge in [-0.15, -0.1) is 0 Å². The molecule has 0 amide bonds. The molecule has 0 aliphatic carbocycles. The Labute approximate surface area is 102 Å². The first-order valence-electron chi connectivity index (χ1n) is 5.96. The zero-order chi connectivity index (χ0) is 12.4. The molecule has 0 aliphatic heterocycles. The third kappa shape index (κ3) is 2.24. The summed E-state index contributed by atoms with van der Waals surface area (Å²) in [6.07, 6.45) is 2.91. The van der Waals surface area contributed by atoms with Gasteiger partial charge in [0.1, 0.15) is 0 Å². The number of rotatable bonds is 3. The van der Waals surface area contributed by atoms with E-state index in [0.29, 0.717) is 0 Å². The molecule has 1 aromatic heterocycles. The van der Waals surface area contributed by atoms with E-state index in [4.69, 9.17) is 5.73 Å². The summed E-state index contributed by atoms with van der Waals surface area (Å²) in [5, 5.41) is 4.23. The molecule has 0 saturated heterocycles. The minimum atomic E-state index is -0.0883. The van der Waals surface area contributed by atoms with E-state index in [0.717, 1.165) is 23.2 Å². The summed E-state index contributed by atoms with van der Waals surface area (Å²) >= 11 is 0. The lowest BCUT2D eigenvalue weighted by molar-refractivity contribution is 0.734. The third-order valence-corrected chi connectivity index (χ3v) is 3.36. The van der Waals surface area contributed by atoms with Crippen molar-refractivity contribution in [3.05, 3.63) is 52.8 Å². The van der Waals surface area contributed by atoms with E-state index in [9.17, 15) is 0 Å². The number of hydrogen-bond acceptors (Lipinski definition) is 2. The van der Waals surface area contributed by atoms with Gasteiger partial charge in [-0.1, -0.05) is 31.2 Å². The van der Waals surface area contributed by atoms with Crippen molar-refractivity contribution in [1.82, 2.24) is 9.78 Å². The summed E-state index contributed by atoms with van der Waals surface area (Å²) in [7, 11) is 1.94. The van der Waals surface area contributed by atoms with Crippen molar-refractivity contribution in [2.45, 2.75) is 26.3 Å². The van der Waals surface area contributed by atoms with Crippen LogP contribution < -0.4 is 5.73 Å². The molecule has 90 valence electrons. The predicted molar refractivity (Wildman–Crippen MR) is 69.8 cm³/mol.